The van der Waals surface area contributed by atoms with Gasteiger partial charge in [0.2, 0.25) is 70.9 Å². The quantitative estimate of drug-likeness (QED) is 0.162. The lowest BCUT2D eigenvalue weighted by Crippen LogP contribution is -2.65. The van der Waals surface area contributed by atoms with Gasteiger partial charge in [-0.15, -0.1) is 13.2 Å². The van der Waals surface area contributed by atoms with Crippen molar-refractivity contribution in [2.24, 2.45) is 17.8 Å². The van der Waals surface area contributed by atoms with Gasteiger partial charge in [-0.2, -0.15) is 13.2 Å². The number of carbonyl (C=O) groups is 12. The number of alkyl halides is 3. The van der Waals surface area contributed by atoms with Crippen molar-refractivity contribution in [3.05, 3.63) is 95.6 Å². The molecule has 25 nitrogen and oxygen atoms in total. The Morgan fingerprint density at radius 3 is 1.92 bits per heavy atom. The van der Waals surface area contributed by atoms with Crippen molar-refractivity contribution in [1.82, 2.24) is 60.0 Å². The van der Waals surface area contributed by atoms with E-state index in [2.05, 4.69) is 29.1 Å². The normalized spacial score (nSPS) is 25.5. The molecule has 3 heterocycles. The second-order valence-corrected chi connectivity index (χ2v) is 30.1. The molecule has 584 valence electrons. The van der Waals surface area contributed by atoms with Crippen LogP contribution in [0.25, 0.3) is 0 Å². The van der Waals surface area contributed by atoms with Crippen LogP contribution >= 0.6 is 11.6 Å². The van der Waals surface area contributed by atoms with E-state index >= 15 is 43.2 Å². The van der Waals surface area contributed by atoms with Gasteiger partial charge in [0.25, 0.3) is 0 Å². The Labute approximate surface area is 626 Å². The molecule has 9 atom stereocenters. The number of nitrogens with zero attached hydrogens (tertiary/aromatic N) is 9. The maximum atomic E-state index is 15.8. The van der Waals surface area contributed by atoms with E-state index in [0.29, 0.717) is 44.1 Å². The molecule has 3 saturated heterocycles. The number of hydrogen-bond donors (Lipinski definition) is 3. The van der Waals surface area contributed by atoms with Crippen molar-refractivity contribution < 1.29 is 75.4 Å². The van der Waals surface area contributed by atoms with Crippen molar-refractivity contribution in [2.75, 3.05) is 94.8 Å². The van der Waals surface area contributed by atoms with E-state index in [9.17, 15) is 27.6 Å². The summed E-state index contributed by atoms with van der Waals surface area (Å²) in [5.41, 5.74) is -1.81. The molecule has 3 N–H and O–H groups in total. The van der Waals surface area contributed by atoms with E-state index in [-0.39, 0.29) is 109 Å². The predicted molar refractivity (Wildman–Crippen MR) is 392 cm³/mol. The van der Waals surface area contributed by atoms with Gasteiger partial charge >= 0.3 is 6.18 Å². The Bertz CT molecular complexity index is 3490. The van der Waals surface area contributed by atoms with E-state index in [4.69, 9.17) is 16.3 Å². The molecule has 1 spiro atoms. The van der Waals surface area contributed by atoms with Crippen molar-refractivity contribution in [1.29, 1.82) is 0 Å². The summed E-state index contributed by atoms with van der Waals surface area (Å²) in [5, 5.41) is 8.14. The zero-order valence-corrected chi connectivity index (χ0v) is 64.0. The maximum Gasteiger partial charge on any atom is 0.417 e. The average molecular weight is 1500 g/mol. The zero-order valence-electron chi connectivity index (χ0n) is 63.3. The molecule has 5 aliphatic rings. The summed E-state index contributed by atoms with van der Waals surface area (Å²) in [6.45, 7) is 14.1. The minimum atomic E-state index is -4.78. The molecule has 7 rings (SSSR count). The molecule has 0 radical (unpaired) electrons. The number of morpholine rings is 1. The number of fused-ring (bicyclic) bond motifs is 1. The Morgan fingerprint density at radius 2 is 1.32 bits per heavy atom. The van der Waals surface area contributed by atoms with Crippen LogP contribution in [0.5, 0.6) is 0 Å². The van der Waals surface area contributed by atoms with Crippen LogP contribution in [-0.2, 0) is 81.3 Å². The van der Waals surface area contributed by atoms with Crippen molar-refractivity contribution >= 4 is 82.5 Å². The van der Waals surface area contributed by atoms with Gasteiger partial charge in [-0.1, -0.05) is 120 Å². The highest BCUT2D eigenvalue weighted by Gasteiger charge is 2.52. The monoisotopic (exact) mass is 1500 g/mol. The summed E-state index contributed by atoms with van der Waals surface area (Å²) < 4.78 is 47.5. The second-order valence-electron chi connectivity index (χ2n) is 29.7. The van der Waals surface area contributed by atoms with Crippen LogP contribution in [-0.4, -0.2) is 264 Å². The summed E-state index contributed by atoms with van der Waals surface area (Å²) in [7, 11) is 8.43. The van der Waals surface area contributed by atoms with Crippen LogP contribution in [0.1, 0.15) is 147 Å². The fraction of sp³-hybridized carbons (Fsp3) is 0.636. The van der Waals surface area contributed by atoms with E-state index in [1.165, 1.54) is 88.7 Å². The molecule has 0 bridgehead atoms. The number of aryl methyl sites for hydroxylation is 1. The molecule has 106 heavy (non-hydrogen) atoms. The molecule has 3 aliphatic heterocycles. The first-order valence-corrected chi connectivity index (χ1v) is 37.6. The number of likely N-dealkylation sites (N-methyl/N-ethyl adjacent to an activating group) is 6. The number of ether oxygens (including phenoxy) is 1. The zero-order chi connectivity index (χ0) is 78.1. The number of allylic oxidation sites excluding steroid dienone is 1. The Balaban J connectivity index is 1.34. The van der Waals surface area contributed by atoms with Gasteiger partial charge in [0.15, 0.2) is 0 Å². The Morgan fingerprint density at radius 1 is 0.679 bits per heavy atom. The highest BCUT2D eigenvalue weighted by Crippen LogP contribution is 2.39. The number of amides is 12. The van der Waals surface area contributed by atoms with Crippen molar-refractivity contribution in [2.45, 2.75) is 203 Å². The number of nitrogens with one attached hydrogen (secondary N) is 3. The van der Waals surface area contributed by atoms with Gasteiger partial charge in [-0.25, -0.2) is 0 Å². The van der Waals surface area contributed by atoms with Gasteiger partial charge in [0.1, 0.15) is 53.9 Å². The predicted octanol–water partition coefficient (Wildman–Crippen LogP) is 6.04. The number of hydrogen-bond acceptors (Lipinski definition) is 13. The molecule has 2 saturated carbocycles. The Hall–Kier alpha value is -8.40. The lowest BCUT2D eigenvalue weighted by Gasteiger charge is -2.42. The number of carbonyl (C=O) groups excluding carboxylic acids is 12. The van der Waals surface area contributed by atoms with Crippen LogP contribution in [0.4, 0.5) is 13.2 Å². The van der Waals surface area contributed by atoms with Gasteiger partial charge in [0.05, 0.1) is 43.3 Å². The smallest absolute Gasteiger partial charge is 0.378 e. The molecule has 12 amide bonds. The third kappa shape index (κ3) is 21.1. The number of benzene rings is 2. The number of rotatable bonds is 16. The van der Waals surface area contributed by atoms with E-state index < -0.39 is 173 Å². The molecule has 5 fully saturated rings. The molecular weight excluding hydrogens is 1390 g/mol. The SMILES string of the molecule is C=CCC[C@H]1C(=O)N(CC=C)[C@@H](Cc2ccccc2)C(=O)N(C)CC(=O)N[C@@H](CCc2ccc(C(F)(F)F)c(Cl)c2)C(=O)N2CCC[C@H]2C(=O)NC2(CCCC2)C(=O)N(C)[C@@H](C2CCCC2)C(=O)N(C)[C@H](C(=O)N2CCOCC2)CC(=O)N(C)[C@@H](CC(C)C)C(=O)N[C@H](C(C)CC)C(=O)N(C)CC(=O)N1C. The highest BCUT2D eigenvalue weighted by molar-refractivity contribution is 6.31. The third-order valence-electron chi connectivity index (χ3n) is 21.9. The standard InChI is InChI=1S/C77H110ClF3N12O13/c1-13-16-29-58-72(102)92(37-14-2)61(45-51-25-18-17-19-26-51)70(100)85(7)47-62(94)82-56(34-32-52-31-33-54(55(78)44-52)77(79,80)81)69(99)93-38-24-30-57(93)68(98)84-76(35-22-23-36-76)75(105)90(12)66(53-27-20-21-28-53)74(104)89(11)60(71(101)91-39-41-106-42-40-91)46-63(95)88(10)59(43-49(4)5)67(97)83-65(50(6)15-3)73(103)86(8)48-64(96)87(58)9/h13-14,17-19,25-26,31,33,44,49-50,53,56-61,65-66H,1-2,15-16,20-24,27-30,32,34-43,45-48H2,3-12H3,(H,82,94)(H,83,97)(H,84,98)/t50?,56-,57-,58-,59-,60-,61-,65+,66-/m0/s1. The molecule has 0 aromatic heterocycles. The fourth-order valence-electron chi connectivity index (χ4n) is 15.4. The fourth-order valence-corrected chi connectivity index (χ4v) is 15.7. The topological polar surface area (TPSA) is 279 Å². The molecule has 2 aliphatic carbocycles. The van der Waals surface area contributed by atoms with Gasteiger partial charge in [-0.3, -0.25) is 57.5 Å². The minimum Gasteiger partial charge on any atom is -0.378 e. The Kier molecular flexibility index (Phi) is 30.8. The van der Waals surface area contributed by atoms with Gasteiger partial charge in [-0.05, 0) is 112 Å². The minimum absolute atomic E-state index is 0.00385. The largest absolute Gasteiger partial charge is 0.417 e. The van der Waals surface area contributed by atoms with Crippen LogP contribution in [0, 0.1) is 17.8 Å². The van der Waals surface area contributed by atoms with Crippen LogP contribution in [0.3, 0.4) is 0 Å². The highest BCUT2D eigenvalue weighted by atomic mass is 35.5. The molecule has 1 unspecified atom stereocenters. The van der Waals surface area contributed by atoms with Crippen LogP contribution in [0.2, 0.25) is 5.02 Å². The van der Waals surface area contributed by atoms with Crippen molar-refractivity contribution in [3.63, 3.8) is 0 Å². The molecular formula is C77H110ClF3N12O13. The van der Waals surface area contributed by atoms with Crippen LogP contribution < -0.4 is 16.0 Å². The summed E-state index contributed by atoms with van der Waals surface area (Å²) in [5.74, 6) is -9.51. The van der Waals surface area contributed by atoms with E-state index in [1.54, 1.807) is 43.3 Å². The lowest BCUT2D eigenvalue weighted by molar-refractivity contribution is -0.157. The molecule has 2 aromatic carbocycles. The molecule has 2 aromatic rings. The van der Waals surface area contributed by atoms with Gasteiger partial charge in [0, 0.05) is 74.9 Å². The van der Waals surface area contributed by atoms with E-state index in [0.717, 1.165) is 34.8 Å². The lowest BCUT2D eigenvalue weighted by atomic mass is 9.90. The summed E-state index contributed by atoms with van der Waals surface area (Å²) in [4.78, 5) is 194. The first kappa shape index (κ1) is 84.9. The van der Waals surface area contributed by atoms with Crippen molar-refractivity contribution in [3.8, 4) is 0 Å². The average Bonchev–Trinajstić information content (AvgIpc) is 1.49. The third-order valence-corrected chi connectivity index (χ3v) is 22.2. The summed E-state index contributed by atoms with van der Waals surface area (Å²) in [6, 6.07) is 1.30. The maximum absolute atomic E-state index is 15.8. The second kappa shape index (κ2) is 38.4. The first-order valence-electron chi connectivity index (χ1n) is 37.3. The first-order chi connectivity index (χ1) is 50.2. The van der Waals surface area contributed by atoms with Crippen LogP contribution in [0.15, 0.2) is 73.8 Å². The summed E-state index contributed by atoms with van der Waals surface area (Å²) in [6.07, 6.45) is 1.94. The summed E-state index contributed by atoms with van der Waals surface area (Å²) >= 11 is 6.18. The number of halogens is 4. The van der Waals surface area contributed by atoms with E-state index in [1.807, 2.05) is 20.8 Å². The van der Waals surface area contributed by atoms with Gasteiger partial charge < -0.3 is 64.8 Å². The molecule has 29 heteroatoms.